The quantitative estimate of drug-likeness (QED) is 0.684. The number of hydrogen-bond acceptors (Lipinski definition) is 4. The molecule has 2 atom stereocenters. The predicted molar refractivity (Wildman–Crippen MR) is 105 cm³/mol. The van der Waals surface area contributed by atoms with Gasteiger partial charge in [-0.15, -0.1) is 0 Å². The Morgan fingerprint density at radius 3 is 2.61 bits per heavy atom. The van der Waals surface area contributed by atoms with E-state index >= 15 is 0 Å². The van der Waals surface area contributed by atoms with Gasteiger partial charge in [-0.3, -0.25) is 4.79 Å². The Labute approximate surface area is 164 Å². The molecule has 2 unspecified atom stereocenters. The number of imidazole rings is 1. The van der Waals surface area contributed by atoms with Gasteiger partial charge in [0.05, 0.1) is 12.6 Å². The second-order valence-electron chi connectivity index (χ2n) is 6.87. The Morgan fingerprint density at radius 2 is 1.89 bits per heavy atom. The van der Waals surface area contributed by atoms with Crippen LogP contribution >= 0.6 is 0 Å². The van der Waals surface area contributed by atoms with Gasteiger partial charge in [-0.05, 0) is 24.6 Å². The number of para-hydroxylation sites is 2. The van der Waals surface area contributed by atoms with Gasteiger partial charge in [-0.25, -0.2) is 4.98 Å². The number of aromatic nitrogens is 2. The van der Waals surface area contributed by atoms with Gasteiger partial charge in [0.2, 0.25) is 6.10 Å². The van der Waals surface area contributed by atoms with Crippen molar-refractivity contribution in [2.45, 2.75) is 25.6 Å². The number of nitrogens with zero attached hydrogens (tertiary/aromatic N) is 3. The van der Waals surface area contributed by atoms with Crippen molar-refractivity contribution in [1.82, 2.24) is 14.5 Å². The maximum atomic E-state index is 13.4. The summed E-state index contributed by atoms with van der Waals surface area (Å²) in [5.41, 5.74) is 1.06. The average Bonchev–Trinajstić information content (AvgIpc) is 3.15. The Bertz CT molecular complexity index is 954. The molecule has 0 saturated carbocycles. The molecule has 0 radical (unpaired) electrons. The lowest BCUT2D eigenvalue weighted by atomic mass is 10.1. The zero-order chi connectivity index (χ0) is 19.5. The Balaban J connectivity index is 1.61. The molecule has 0 aliphatic carbocycles. The van der Waals surface area contributed by atoms with E-state index in [1.807, 2.05) is 79.3 Å². The molecule has 3 aromatic rings. The number of rotatable bonds is 5. The van der Waals surface area contributed by atoms with Crippen molar-refractivity contribution in [2.75, 3.05) is 6.61 Å². The average molecular weight is 377 g/mol. The molecular formula is C22H23N3O3. The zero-order valence-electron chi connectivity index (χ0n) is 16.0. The third-order valence-electron chi connectivity index (χ3n) is 5.05. The predicted octanol–water partition coefficient (Wildman–Crippen LogP) is 3.35. The van der Waals surface area contributed by atoms with Crippen molar-refractivity contribution in [3.63, 3.8) is 0 Å². The van der Waals surface area contributed by atoms with Crippen LogP contribution in [-0.4, -0.2) is 33.1 Å². The van der Waals surface area contributed by atoms with Gasteiger partial charge in [0.1, 0.15) is 12.4 Å². The van der Waals surface area contributed by atoms with Crippen LogP contribution in [0.3, 0.4) is 0 Å². The van der Waals surface area contributed by atoms with Gasteiger partial charge in [0.15, 0.2) is 11.5 Å². The van der Waals surface area contributed by atoms with Gasteiger partial charge in [-0.1, -0.05) is 42.5 Å². The molecule has 0 spiro atoms. The van der Waals surface area contributed by atoms with E-state index < -0.39 is 6.10 Å². The lowest BCUT2D eigenvalue weighted by Gasteiger charge is -2.34. The van der Waals surface area contributed by atoms with E-state index in [1.165, 1.54) is 0 Å². The Kier molecular flexibility index (Phi) is 5.02. The molecule has 1 aromatic heterocycles. The number of aryl methyl sites for hydroxylation is 1. The van der Waals surface area contributed by atoms with Crippen LogP contribution in [0.4, 0.5) is 0 Å². The second-order valence-corrected chi connectivity index (χ2v) is 6.87. The highest BCUT2D eigenvalue weighted by Crippen LogP contribution is 2.32. The molecule has 1 aliphatic rings. The van der Waals surface area contributed by atoms with E-state index in [2.05, 4.69) is 4.98 Å². The summed E-state index contributed by atoms with van der Waals surface area (Å²) in [6, 6.07) is 17.3. The number of carbonyl (C=O) groups excluding carboxylic acids is 1. The normalized spacial score (nSPS) is 16.4. The topological polar surface area (TPSA) is 56.6 Å². The molecule has 2 heterocycles. The summed E-state index contributed by atoms with van der Waals surface area (Å²) in [6.07, 6.45) is 2.92. The van der Waals surface area contributed by atoms with Gasteiger partial charge < -0.3 is 18.9 Å². The van der Waals surface area contributed by atoms with E-state index in [9.17, 15) is 4.79 Å². The van der Waals surface area contributed by atoms with Crippen LogP contribution in [-0.2, 0) is 18.4 Å². The maximum absolute atomic E-state index is 13.4. The van der Waals surface area contributed by atoms with Crippen LogP contribution in [0.1, 0.15) is 24.4 Å². The summed E-state index contributed by atoms with van der Waals surface area (Å²) in [5.74, 6) is 1.96. The number of ether oxygens (including phenoxy) is 2. The third kappa shape index (κ3) is 3.58. The van der Waals surface area contributed by atoms with Gasteiger partial charge >= 0.3 is 0 Å². The molecule has 4 rings (SSSR count). The number of carbonyl (C=O) groups is 1. The number of benzene rings is 2. The fourth-order valence-corrected chi connectivity index (χ4v) is 3.34. The first-order valence-corrected chi connectivity index (χ1v) is 9.33. The van der Waals surface area contributed by atoms with Crippen LogP contribution in [0.15, 0.2) is 67.0 Å². The molecule has 1 aliphatic heterocycles. The molecule has 6 heteroatoms. The van der Waals surface area contributed by atoms with Crippen LogP contribution in [0.5, 0.6) is 11.5 Å². The zero-order valence-corrected chi connectivity index (χ0v) is 16.0. The van der Waals surface area contributed by atoms with Gasteiger partial charge in [0, 0.05) is 19.4 Å². The van der Waals surface area contributed by atoms with Crippen molar-refractivity contribution in [1.29, 1.82) is 0 Å². The van der Waals surface area contributed by atoms with Crippen molar-refractivity contribution in [3.05, 3.63) is 78.4 Å². The summed E-state index contributed by atoms with van der Waals surface area (Å²) in [5, 5.41) is 0. The fourth-order valence-electron chi connectivity index (χ4n) is 3.34. The van der Waals surface area contributed by atoms with Crippen molar-refractivity contribution >= 4 is 5.91 Å². The largest absolute Gasteiger partial charge is 0.485 e. The summed E-state index contributed by atoms with van der Waals surface area (Å²) in [7, 11) is 1.93. The first-order valence-electron chi connectivity index (χ1n) is 9.33. The maximum Gasteiger partial charge on any atom is 0.268 e. The molecule has 0 N–H and O–H groups in total. The monoisotopic (exact) mass is 377 g/mol. The van der Waals surface area contributed by atoms with Crippen LogP contribution in [0.2, 0.25) is 0 Å². The number of hydrogen-bond donors (Lipinski definition) is 0. The van der Waals surface area contributed by atoms with Gasteiger partial charge in [-0.2, -0.15) is 0 Å². The molecule has 28 heavy (non-hydrogen) atoms. The molecule has 144 valence electrons. The molecule has 0 fully saturated rings. The summed E-state index contributed by atoms with van der Waals surface area (Å²) >= 11 is 0. The smallest absolute Gasteiger partial charge is 0.268 e. The van der Waals surface area contributed by atoms with E-state index in [0.29, 0.717) is 18.0 Å². The van der Waals surface area contributed by atoms with Crippen molar-refractivity contribution in [2.24, 2.45) is 7.05 Å². The standard InChI is InChI=1S/C22H23N3O3/c1-16(17-8-4-3-5-9-17)25(14-21-23-12-13-24(21)2)22(26)20-15-27-18-10-6-7-11-19(18)28-20/h3-13,16,20H,14-15H2,1-2H3. The lowest BCUT2D eigenvalue weighted by Crippen LogP contribution is -2.47. The Morgan fingerprint density at radius 1 is 1.18 bits per heavy atom. The minimum Gasteiger partial charge on any atom is -0.485 e. The van der Waals surface area contributed by atoms with E-state index in [-0.39, 0.29) is 18.6 Å². The molecule has 1 amide bonds. The SMILES string of the molecule is CC(c1ccccc1)N(Cc1nccn1C)C(=O)C1COc2ccccc2O1. The number of fused-ring (bicyclic) bond motifs is 1. The van der Waals surface area contributed by atoms with E-state index in [4.69, 9.17) is 9.47 Å². The van der Waals surface area contributed by atoms with E-state index in [1.54, 1.807) is 11.1 Å². The fraction of sp³-hybridized carbons (Fsp3) is 0.273. The molecule has 0 bridgehead atoms. The minimum absolute atomic E-state index is 0.117. The first-order chi connectivity index (χ1) is 13.6. The Hall–Kier alpha value is -3.28. The van der Waals surface area contributed by atoms with Crippen molar-refractivity contribution < 1.29 is 14.3 Å². The second kappa shape index (κ2) is 7.76. The lowest BCUT2D eigenvalue weighted by molar-refractivity contribution is -0.144. The van der Waals surface area contributed by atoms with Crippen molar-refractivity contribution in [3.8, 4) is 11.5 Å². The molecular weight excluding hydrogens is 354 g/mol. The first kappa shape index (κ1) is 18.1. The molecule has 2 aromatic carbocycles. The highest BCUT2D eigenvalue weighted by Gasteiger charge is 2.34. The molecule has 0 saturated heterocycles. The summed E-state index contributed by atoms with van der Waals surface area (Å²) in [4.78, 5) is 19.6. The highest BCUT2D eigenvalue weighted by molar-refractivity contribution is 5.82. The van der Waals surface area contributed by atoms with E-state index in [0.717, 1.165) is 11.4 Å². The van der Waals surface area contributed by atoms with Crippen LogP contribution in [0, 0.1) is 0 Å². The van der Waals surface area contributed by atoms with Crippen LogP contribution < -0.4 is 9.47 Å². The summed E-state index contributed by atoms with van der Waals surface area (Å²) < 4.78 is 13.6. The van der Waals surface area contributed by atoms with Gasteiger partial charge in [0.25, 0.3) is 5.91 Å². The van der Waals surface area contributed by atoms with Crippen LogP contribution in [0.25, 0.3) is 0 Å². The highest BCUT2D eigenvalue weighted by atomic mass is 16.6. The third-order valence-corrected chi connectivity index (χ3v) is 5.05. The summed E-state index contributed by atoms with van der Waals surface area (Å²) in [6.45, 7) is 2.60. The minimum atomic E-state index is -0.693. The number of amides is 1. The molecule has 6 nitrogen and oxygen atoms in total.